The smallest absolute Gasteiger partial charge is 0.137 e. The van der Waals surface area contributed by atoms with E-state index in [0.717, 1.165) is 24.2 Å². The Kier molecular flexibility index (Phi) is 2.76. The third kappa shape index (κ3) is 1.76. The van der Waals surface area contributed by atoms with Gasteiger partial charge in [0, 0.05) is 0 Å². The molecule has 2 aromatic rings. The maximum atomic E-state index is 6.36. The van der Waals surface area contributed by atoms with Gasteiger partial charge >= 0.3 is 0 Å². The molecular formula is C13H16N4O. The van der Waals surface area contributed by atoms with Crippen LogP contribution >= 0.6 is 0 Å². The van der Waals surface area contributed by atoms with Crippen LogP contribution < -0.4 is 10.5 Å². The molecule has 2 N–H and O–H groups in total. The maximum absolute atomic E-state index is 6.36. The minimum Gasteiger partial charge on any atom is -0.497 e. The standard InChI is InChI=1S/C13H16N4O/c1-18-10-4-2-9-3-5-12(13(14)11(9)6-10)17-8-15-7-16-17/h2,4,6-8,12-13H,3,5,14H2,1H3. The Morgan fingerprint density at radius 1 is 1.44 bits per heavy atom. The van der Waals surface area contributed by atoms with Gasteiger partial charge in [0.2, 0.25) is 0 Å². The van der Waals surface area contributed by atoms with E-state index in [1.807, 2.05) is 16.8 Å². The lowest BCUT2D eigenvalue weighted by atomic mass is 9.84. The second kappa shape index (κ2) is 4.42. The summed E-state index contributed by atoms with van der Waals surface area (Å²) in [6.45, 7) is 0. The van der Waals surface area contributed by atoms with Gasteiger partial charge in [0.1, 0.15) is 18.4 Å². The number of rotatable bonds is 2. The van der Waals surface area contributed by atoms with Gasteiger partial charge < -0.3 is 10.5 Å². The fourth-order valence-electron chi connectivity index (χ4n) is 2.61. The van der Waals surface area contributed by atoms with Crippen molar-refractivity contribution < 1.29 is 4.74 Å². The molecule has 1 heterocycles. The van der Waals surface area contributed by atoms with Crippen LogP contribution in [-0.2, 0) is 6.42 Å². The number of aromatic nitrogens is 3. The molecule has 2 atom stereocenters. The van der Waals surface area contributed by atoms with Crippen LogP contribution in [0.1, 0.15) is 29.6 Å². The summed E-state index contributed by atoms with van der Waals surface area (Å²) in [5.74, 6) is 0.850. The quantitative estimate of drug-likeness (QED) is 0.868. The normalized spacial score (nSPS) is 22.6. The Morgan fingerprint density at radius 2 is 2.33 bits per heavy atom. The molecule has 1 aromatic carbocycles. The minimum atomic E-state index is -0.0643. The number of nitrogens with two attached hydrogens (primary N) is 1. The highest BCUT2D eigenvalue weighted by atomic mass is 16.5. The summed E-state index contributed by atoms with van der Waals surface area (Å²) in [4.78, 5) is 3.99. The van der Waals surface area contributed by atoms with Gasteiger partial charge in [0.15, 0.2) is 0 Å². The fourth-order valence-corrected chi connectivity index (χ4v) is 2.61. The van der Waals surface area contributed by atoms with Crippen molar-refractivity contribution >= 4 is 0 Å². The van der Waals surface area contributed by atoms with Crippen LogP contribution in [0.3, 0.4) is 0 Å². The van der Waals surface area contributed by atoms with Crippen LogP contribution in [-0.4, -0.2) is 21.9 Å². The van der Waals surface area contributed by atoms with E-state index in [2.05, 4.69) is 16.1 Å². The zero-order valence-electron chi connectivity index (χ0n) is 10.3. The first-order chi connectivity index (χ1) is 8.79. The van der Waals surface area contributed by atoms with Gasteiger partial charge in [-0.15, -0.1) is 0 Å². The molecule has 1 aliphatic carbocycles. The van der Waals surface area contributed by atoms with Crippen LogP contribution in [0, 0.1) is 0 Å². The number of benzene rings is 1. The Bertz CT molecular complexity index is 538. The highest BCUT2D eigenvalue weighted by Gasteiger charge is 2.28. The van der Waals surface area contributed by atoms with Crippen molar-refractivity contribution in [1.82, 2.24) is 14.8 Å². The largest absolute Gasteiger partial charge is 0.497 e. The Hall–Kier alpha value is -1.88. The lowest BCUT2D eigenvalue weighted by Crippen LogP contribution is -2.30. The third-order valence-corrected chi connectivity index (χ3v) is 3.61. The SMILES string of the molecule is COc1ccc2c(c1)C(N)C(n1cncn1)CC2. The monoisotopic (exact) mass is 244 g/mol. The summed E-state index contributed by atoms with van der Waals surface area (Å²) < 4.78 is 7.12. The van der Waals surface area contributed by atoms with E-state index in [1.165, 1.54) is 5.56 Å². The van der Waals surface area contributed by atoms with Gasteiger partial charge in [-0.05, 0) is 36.1 Å². The van der Waals surface area contributed by atoms with E-state index in [0.29, 0.717) is 0 Å². The van der Waals surface area contributed by atoms with Gasteiger partial charge in [0.25, 0.3) is 0 Å². The van der Waals surface area contributed by atoms with E-state index >= 15 is 0 Å². The molecule has 3 rings (SSSR count). The van der Waals surface area contributed by atoms with Crippen molar-refractivity contribution in [3.8, 4) is 5.75 Å². The van der Waals surface area contributed by atoms with E-state index in [4.69, 9.17) is 10.5 Å². The molecule has 0 bridgehead atoms. The molecular weight excluding hydrogens is 228 g/mol. The van der Waals surface area contributed by atoms with Crippen LogP contribution in [0.5, 0.6) is 5.75 Å². The van der Waals surface area contributed by atoms with Gasteiger partial charge in [-0.1, -0.05) is 6.07 Å². The van der Waals surface area contributed by atoms with E-state index < -0.39 is 0 Å². The van der Waals surface area contributed by atoms with Gasteiger partial charge in [-0.3, -0.25) is 0 Å². The van der Waals surface area contributed by atoms with Gasteiger partial charge in [-0.2, -0.15) is 5.10 Å². The Morgan fingerprint density at radius 3 is 3.06 bits per heavy atom. The fraction of sp³-hybridized carbons (Fsp3) is 0.385. The molecule has 5 heteroatoms. The summed E-state index contributed by atoms with van der Waals surface area (Å²) in [6, 6.07) is 6.23. The number of fused-ring (bicyclic) bond motifs is 1. The van der Waals surface area contributed by atoms with E-state index in [1.54, 1.807) is 19.8 Å². The van der Waals surface area contributed by atoms with E-state index in [9.17, 15) is 0 Å². The van der Waals surface area contributed by atoms with Crippen molar-refractivity contribution in [3.63, 3.8) is 0 Å². The molecule has 1 aliphatic rings. The van der Waals surface area contributed by atoms with Crippen molar-refractivity contribution in [1.29, 1.82) is 0 Å². The number of hydrogen-bond donors (Lipinski definition) is 1. The topological polar surface area (TPSA) is 66.0 Å². The summed E-state index contributed by atoms with van der Waals surface area (Å²) >= 11 is 0. The molecule has 2 unspecified atom stereocenters. The van der Waals surface area contributed by atoms with Crippen LogP contribution in [0.2, 0.25) is 0 Å². The first kappa shape index (κ1) is 11.2. The van der Waals surface area contributed by atoms with Crippen LogP contribution in [0.25, 0.3) is 0 Å². The summed E-state index contributed by atoms with van der Waals surface area (Å²) in [7, 11) is 1.67. The molecule has 1 aromatic heterocycles. The average Bonchev–Trinajstić information content (AvgIpc) is 2.93. The molecule has 0 fully saturated rings. The second-order valence-electron chi connectivity index (χ2n) is 4.57. The lowest BCUT2D eigenvalue weighted by Gasteiger charge is -2.31. The number of aryl methyl sites for hydroxylation is 1. The van der Waals surface area contributed by atoms with Gasteiger partial charge in [0.05, 0.1) is 19.2 Å². The third-order valence-electron chi connectivity index (χ3n) is 3.61. The predicted octanol–water partition coefficient (Wildman–Crippen LogP) is 1.47. The first-order valence-electron chi connectivity index (χ1n) is 6.06. The minimum absolute atomic E-state index is 0.0643. The summed E-state index contributed by atoms with van der Waals surface area (Å²) in [5.41, 5.74) is 8.82. The van der Waals surface area contributed by atoms with Crippen molar-refractivity contribution in [2.24, 2.45) is 5.73 Å². The zero-order valence-corrected chi connectivity index (χ0v) is 10.3. The Balaban J connectivity index is 1.97. The number of ether oxygens (including phenoxy) is 1. The summed E-state index contributed by atoms with van der Waals surface area (Å²) in [5, 5.41) is 4.20. The average molecular weight is 244 g/mol. The molecule has 0 aliphatic heterocycles. The zero-order chi connectivity index (χ0) is 12.5. The molecule has 0 saturated carbocycles. The van der Waals surface area contributed by atoms with E-state index in [-0.39, 0.29) is 12.1 Å². The number of hydrogen-bond acceptors (Lipinski definition) is 4. The lowest BCUT2D eigenvalue weighted by molar-refractivity contribution is 0.339. The molecule has 0 radical (unpaired) electrons. The number of nitrogens with zero attached hydrogens (tertiary/aromatic N) is 3. The maximum Gasteiger partial charge on any atom is 0.137 e. The summed E-state index contributed by atoms with van der Waals surface area (Å²) in [6.07, 6.45) is 5.28. The highest BCUT2D eigenvalue weighted by Crippen LogP contribution is 2.37. The van der Waals surface area contributed by atoms with Crippen molar-refractivity contribution in [2.45, 2.75) is 24.9 Å². The number of methoxy groups -OCH3 is 1. The van der Waals surface area contributed by atoms with Crippen molar-refractivity contribution in [2.75, 3.05) is 7.11 Å². The molecule has 0 amide bonds. The predicted molar refractivity (Wildman–Crippen MR) is 67.3 cm³/mol. The van der Waals surface area contributed by atoms with Crippen LogP contribution in [0.4, 0.5) is 0 Å². The highest BCUT2D eigenvalue weighted by molar-refractivity contribution is 5.39. The second-order valence-corrected chi connectivity index (χ2v) is 4.57. The van der Waals surface area contributed by atoms with Crippen molar-refractivity contribution in [3.05, 3.63) is 42.0 Å². The molecule has 94 valence electrons. The van der Waals surface area contributed by atoms with Gasteiger partial charge in [-0.25, -0.2) is 9.67 Å². The van der Waals surface area contributed by atoms with Crippen LogP contribution in [0.15, 0.2) is 30.9 Å². The molecule has 5 nitrogen and oxygen atoms in total. The Labute approximate surface area is 106 Å². The molecule has 18 heavy (non-hydrogen) atoms. The molecule has 0 saturated heterocycles. The first-order valence-corrected chi connectivity index (χ1v) is 6.06. The molecule has 0 spiro atoms.